The molecular weight excluding hydrogens is 352 g/mol. The normalized spacial score (nSPS) is 21.6. The van der Waals surface area contributed by atoms with Gasteiger partial charge in [0.2, 0.25) is 10.0 Å². The molecular formula is C16H25ClN2O4S. The Morgan fingerprint density at radius 2 is 1.88 bits per heavy atom. The van der Waals surface area contributed by atoms with Gasteiger partial charge in [-0.15, -0.1) is 12.4 Å². The zero-order valence-corrected chi connectivity index (χ0v) is 15.3. The third-order valence-corrected chi connectivity index (χ3v) is 6.35. The maximum absolute atomic E-state index is 13.0. The molecule has 3 rings (SSSR count). The first-order chi connectivity index (χ1) is 11.1. The van der Waals surface area contributed by atoms with E-state index in [4.69, 9.17) is 15.2 Å². The number of hydrogen-bond acceptors (Lipinski definition) is 5. The van der Waals surface area contributed by atoms with Crippen molar-refractivity contribution in [2.45, 2.75) is 43.0 Å². The molecule has 0 saturated carbocycles. The fourth-order valence-corrected chi connectivity index (χ4v) is 4.95. The Morgan fingerprint density at radius 1 is 1.12 bits per heavy atom. The van der Waals surface area contributed by atoms with Gasteiger partial charge in [0.25, 0.3) is 0 Å². The summed E-state index contributed by atoms with van der Waals surface area (Å²) in [6.07, 6.45) is 4.31. The lowest BCUT2D eigenvalue weighted by Crippen LogP contribution is -2.44. The summed E-state index contributed by atoms with van der Waals surface area (Å²) < 4.78 is 38.9. The smallest absolute Gasteiger partial charge is 0.243 e. The summed E-state index contributed by atoms with van der Waals surface area (Å²) in [5.41, 5.74) is 5.65. The van der Waals surface area contributed by atoms with Gasteiger partial charge in [-0.1, -0.05) is 6.42 Å². The van der Waals surface area contributed by atoms with E-state index in [2.05, 4.69) is 0 Å². The second-order valence-corrected chi connectivity index (χ2v) is 7.89. The van der Waals surface area contributed by atoms with E-state index in [0.717, 1.165) is 25.7 Å². The molecule has 0 radical (unpaired) electrons. The first-order valence-corrected chi connectivity index (χ1v) is 9.68. The van der Waals surface area contributed by atoms with Crippen molar-refractivity contribution in [3.05, 3.63) is 18.2 Å². The summed E-state index contributed by atoms with van der Waals surface area (Å²) in [5.74, 6) is 1.12. The van der Waals surface area contributed by atoms with E-state index < -0.39 is 10.0 Å². The van der Waals surface area contributed by atoms with Crippen LogP contribution in [0.3, 0.4) is 0 Å². The third-order valence-electron chi connectivity index (χ3n) is 4.40. The maximum Gasteiger partial charge on any atom is 0.243 e. The molecule has 0 aliphatic carbocycles. The average molecular weight is 377 g/mol. The largest absolute Gasteiger partial charge is 0.490 e. The number of ether oxygens (including phenoxy) is 2. The lowest BCUT2D eigenvalue weighted by Gasteiger charge is -2.34. The van der Waals surface area contributed by atoms with Crippen LogP contribution in [0.4, 0.5) is 0 Å². The summed E-state index contributed by atoms with van der Waals surface area (Å²) in [4.78, 5) is 0.269. The molecule has 0 spiro atoms. The Labute approximate surface area is 149 Å². The van der Waals surface area contributed by atoms with Crippen molar-refractivity contribution >= 4 is 22.4 Å². The van der Waals surface area contributed by atoms with Crippen LogP contribution in [0.5, 0.6) is 11.5 Å². The van der Waals surface area contributed by atoms with Crippen LogP contribution in [0.1, 0.15) is 32.1 Å². The van der Waals surface area contributed by atoms with Crippen molar-refractivity contribution in [1.29, 1.82) is 0 Å². The molecule has 136 valence electrons. The van der Waals surface area contributed by atoms with E-state index in [1.807, 2.05) is 0 Å². The molecule has 24 heavy (non-hydrogen) atoms. The third kappa shape index (κ3) is 3.96. The van der Waals surface area contributed by atoms with Gasteiger partial charge in [0.1, 0.15) is 0 Å². The van der Waals surface area contributed by atoms with Crippen molar-refractivity contribution in [3.63, 3.8) is 0 Å². The fourth-order valence-electron chi connectivity index (χ4n) is 3.21. The molecule has 0 amide bonds. The van der Waals surface area contributed by atoms with Gasteiger partial charge in [0.05, 0.1) is 18.1 Å². The molecule has 1 unspecified atom stereocenters. The Balaban J connectivity index is 0.00000208. The molecule has 2 aliphatic rings. The van der Waals surface area contributed by atoms with Gasteiger partial charge >= 0.3 is 0 Å². The Hall–Kier alpha value is -1.02. The first kappa shape index (κ1) is 19.3. The molecule has 1 fully saturated rings. The number of nitrogens with two attached hydrogens (primary N) is 1. The molecule has 1 atom stereocenters. The van der Waals surface area contributed by atoms with Crippen molar-refractivity contribution in [1.82, 2.24) is 4.31 Å². The van der Waals surface area contributed by atoms with Gasteiger partial charge in [0.15, 0.2) is 11.5 Å². The summed E-state index contributed by atoms with van der Waals surface area (Å²) in [6.45, 7) is 2.18. The molecule has 2 heterocycles. The van der Waals surface area contributed by atoms with Crippen LogP contribution in [-0.2, 0) is 10.0 Å². The summed E-state index contributed by atoms with van der Waals surface area (Å²) >= 11 is 0. The molecule has 1 saturated heterocycles. The minimum absolute atomic E-state index is 0. The predicted octanol–water partition coefficient (Wildman–Crippen LogP) is 2.16. The van der Waals surface area contributed by atoms with Gasteiger partial charge in [-0.3, -0.25) is 0 Å². The quantitative estimate of drug-likeness (QED) is 0.870. The molecule has 0 aromatic heterocycles. The summed E-state index contributed by atoms with van der Waals surface area (Å²) in [6, 6.07) is 4.88. The summed E-state index contributed by atoms with van der Waals surface area (Å²) in [5, 5.41) is 0. The standard InChI is InChI=1S/C16H24N2O4S.ClH/c17-8-7-13-4-1-2-9-18(13)23(19,20)14-5-6-15-16(12-14)22-11-3-10-21-15;/h5-6,12-13H,1-4,7-11,17H2;1H. The SMILES string of the molecule is Cl.NCCC1CCCCN1S(=O)(=O)c1ccc2c(c1)OCCCO2. The van der Waals surface area contributed by atoms with Gasteiger partial charge in [0, 0.05) is 25.1 Å². The number of nitrogens with zero attached hydrogens (tertiary/aromatic N) is 1. The van der Waals surface area contributed by atoms with Crippen LogP contribution in [0.2, 0.25) is 0 Å². The highest BCUT2D eigenvalue weighted by Gasteiger charge is 2.33. The molecule has 8 heteroatoms. The Kier molecular flexibility index (Phi) is 6.74. The van der Waals surface area contributed by atoms with E-state index in [-0.39, 0.29) is 23.3 Å². The van der Waals surface area contributed by atoms with Crippen molar-refractivity contribution in [2.24, 2.45) is 5.73 Å². The number of piperidine rings is 1. The molecule has 2 aliphatic heterocycles. The molecule has 2 N–H and O–H groups in total. The van der Waals surface area contributed by atoms with E-state index in [1.54, 1.807) is 22.5 Å². The maximum atomic E-state index is 13.0. The van der Waals surface area contributed by atoms with Crippen LogP contribution in [0.25, 0.3) is 0 Å². The first-order valence-electron chi connectivity index (χ1n) is 8.24. The van der Waals surface area contributed by atoms with Crippen molar-refractivity contribution in [3.8, 4) is 11.5 Å². The topological polar surface area (TPSA) is 81.9 Å². The zero-order valence-electron chi connectivity index (χ0n) is 13.6. The number of fused-ring (bicyclic) bond motifs is 1. The molecule has 0 bridgehead atoms. The van der Waals surface area contributed by atoms with Gasteiger partial charge < -0.3 is 15.2 Å². The monoisotopic (exact) mass is 376 g/mol. The predicted molar refractivity (Wildman–Crippen MR) is 94.5 cm³/mol. The van der Waals surface area contributed by atoms with Gasteiger partial charge in [-0.05, 0) is 37.9 Å². The highest BCUT2D eigenvalue weighted by atomic mass is 35.5. The molecule has 1 aromatic carbocycles. The highest BCUT2D eigenvalue weighted by molar-refractivity contribution is 7.89. The van der Waals surface area contributed by atoms with Crippen molar-refractivity contribution < 1.29 is 17.9 Å². The van der Waals surface area contributed by atoms with Crippen LogP contribution in [-0.4, -0.2) is 45.1 Å². The van der Waals surface area contributed by atoms with Gasteiger partial charge in [-0.25, -0.2) is 8.42 Å². The average Bonchev–Trinajstić information content (AvgIpc) is 2.80. The lowest BCUT2D eigenvalue weighted by molar-refractivity contribution is 0.243. The van der Waals surface area contributed by atoms with Crippen molar-refractivity contribution in [2.75, 3.05) is 26.3 Å². The lowest BCUT2D eigenvalue weighted by atomic mass is 10.0. The van der Waals surface area contributed by atoms with E-state index >= 15 is 0 Å². The molecule has 1 aromatic rings. The Bertz CT molecular complexity index is 651. The number of hydrogen-bond donors (Lipinski definition) is 1. The fraction of sp³-hybridized carbons (Fsp3) is 0.625. The van der Waals surface area contributed by atoms with Crippen LogP contribution in [0, 0.1) is 0 Å². The number of halogens is 1. The second kappa shape index (κ2) is 8.38. The second-order valence-electron chi connectivity index (χ2n) is 6.00. The van der Waals surface area contributed by atoms with Crippen LogP contribution >= 0.6 is 12.4 Å². The van der Waals surface area contributed by atoms with E-state index in [0.29, 0.717) is 44.2 Å². The Morgan fingerprint density at radius 3 is 2.62 bits per heavy atom. The van der Waals surface area contributed by atoms with Crippen LogP contribution in [0.15, 0.2) is 23.1 Å². The van der Waals surface area contributed by atoms with E-state index in [1.165, 1.54) is 0 Å². The summed E-state index contributed by atoms with van der Waals surface area (Å²) in [7, 11) is -3.54. The zero-order chi connectivity index (χ0) is 16.3. The minimum atomic E-state index is -3.54. The number of rotatable bonds is 4. The number of benzene rings is 1. The number of sulfonamides is 1. The molecule has 6 nitrogen and oxygen atoms in total. The van der Waals surface area contributed by atoms with Gasteiger partial charge in [-0.2, -0.15) is 4.31 Å². The van der Waals surface area contributed by atoms with E-state index in [9.17, 15) is 8.42 Å². The minimum Gasteiger partial charge on any atom is -0.490 e. The highest BCUT2D eigenvalue weighted by Crippen LogP contribution is 2.34. The van der Waals surface area contributed by atoms with Crippen LogP contribution < -0.4 is 15.2 Å².